The Morgan fingerprint density at radius 1 is 1.19 bits per heavy atom. The Morgan fingerprint density at radius 2 is 1.81 bits per heavy atom. The zero-order chi connectivity index (χ0) is 20.1. The van der Waals surface area contributed by atoms with E-state index >= 15 is 0 Å². The molecule has 2 amide bonds. The summed E-state index contributed by atoms with van der Waals surface area (Å²) in [5.74, 6) is -4.19. The van der Waals surface area contributed by atoms with Gasteiger partial charge in [0.2, 0.25) is 5.78 Å². The van der Waals surface area contributed by atoms with E-state index in [1.54, 1.807) is 35.8 Å². The molecule has 1 aromatic rings. The van der Waals surface area contributed by atoms with Crippen LogP contribution in [0.4, 0.5) is 0 Å². The molecule has 0 spiro atoms. The third kappa shape index (κ3) is 4.08. The molecule has 146 valence electrons. The summed E-state index contributed by atoms with van der Waals surface area (Å²) in [4.78, 5) is 51.9. The van der Waals surface area contributed by atoms with Gasteiger partial charge in [0.05, 0.1) is 6.04 Å². The van der Waals surface area contributed by atoms with Crippen LogP contribution in [-0.4, -0.2) is 45.6 Å². The van der Waals surface area contributed by atoms with Gasteiger partial charge in [-0.05, 0) is 12.3 Å². The standard InChI is InChI=1S/C20H26N2O5/c1-4-5-11-14(19(25)21-27)22-16(12(2)3)15(18(24)20(22)26)17(23)13-9-7-6-8-10-13/h6-10,12,14-16,27H,4-5,11H2,1-3H3,(H,21,25). The van der Waals surface area contributed by atoms with Crippen LogP contribution in [0.25, 0.3) is 0 Å². The summed E-state index contributed by atoms with van der Waals surface area (Å²) in [6.45, 7) is 5.55. The summed E-state index contributed by atoms with van der Waals surface area (Å²) in [5, 5.41) is 9.11. The number of amides is 2. The molecule has 0 aliphatic carbocycles. The normalized spacial score (nSPS) is 20.9. The molecule has 1 fully saturated rings. The lowest BCUT2D eigenvalue weighted by Crippen LogP contribution is -2.53. The van der Waals surface area contributed by atoms with Gasteiger partial charge in [0.1, 0.15) is 12.0 Å². The van der Waals surface area contributed by atoms with Gasteiger partial charge in [-0.15, -0.1) is 0 Å². The van der Waals surface area contributed by atoms with Crippen LogP contribution in [0.5, 0.6) is 0 Å². The van der Waals surface area contributed by atoms with Crippen molar-refractivity contribution in [3.05, 3.63) is 35.9 Å². The van der Waals surface area contributed by atoms with Gasteiger partial charge < -0.3 is 4.90 Å². The maximum Gasteiger partial charge on any atom is 0.291 e. The molecule has 1 aliphatic rings. The second kappa shape index (κ2) is 8.90. The molecule has 27 heavy (non-hydrogen) atoms. The molecule has 0 aromatic heterocycles. The second-order valence-corrected chi connectivity index (χ2v) is 7.15. The number of unbranched alkanes of at least 4 members (excludes halogenated alkanes) is 1. The Morgan fingerprint density at radius 3 is 2.33 bits per heavy atom. The lowest BCUT2D eigenvalue weighted by Gasteiger charge is -2.35. The summed E-state index contributed by atoms with van der Waals surface area (Å²) in [5.41, 5.74) is 1.95. The molecular weight excluding hydrogens is 348 g/mol. The van der Waals surface area contributed by atoms with Gasteiger partial charge in [0.25, 0.3) is 11.8 Å². The fraction of sp³-hybridized carbons (Fsp3) is 0.500. The van der Waals surface area contributed by atoms with Gasteiger partial charge in [-0.1, -0.05) is 63.9 Å². The molecule has 1 heterocycles. The lowest BCUT2D eigenvalue weighted by atomic mass is 9.84. The maximum atomic E-state index is 13.0. The summed E-state index contributed by atoms with van der Waals surface area (Å²) in [6.07, 6.45) is 1.72. The Labute approximate surface area is 158 Å². The van der Waals surface area contributed by atoms with Crippen LogP contribution in [0, 0.1) is 11.8 Å². The van der Waals surface area contributed by atoms with E-state index in [1.807, 2.05) is 20.8 Å². The van der Waals surface area contributed by atoms with E-state index < -0.39 is 41.4 Å². The maximum absolute atomic E-state index is 13.0. The number of carbonyl (C=O) groups is 4. The van der Waals surface area contributed by atoms with E-state index in [1.165, 1.54) is 4.90 Å². The highest BCUT2D eigenvalue weighted by atomic mass is 16.5. The van der Waals surface area contributed by atoms with Gasteiger partial charge in [0.15, 0.2) is 5.78 Å². The average molecular weight is 374 g/mol. The summed E-state index contributed by atoms with van der Waals surface area (Å²) < 4.78 is 0. The molecule has 7 heteroatoms. The number of benzene rings is 1. The van der Waals surface area contributed by atoms with Gasteiger partial charge in [-0.25, -0.2) is 5.48 Å². The van der Waals surface area contributed by atoms with Crippen LogP contribution in [0.1, 0.15) is 50.4 Å². The predicted octanol–water partition coefficient (Wildman–Crippen LogP) is 1.99. The third-order valence-electron chi connectivity index (χ3n) is 4.99. The molecule has 1 saturated heterocycles. The van der Waals surface area contributed by atoms with Crippen molar-refractivity contribution in [3.63, 3.8) is 0 Å². The molecule has 2 N–H and O–H groups in total. The minimum absolute atomic E-state index is 0.228. The van der Waals surface area contributed by atoms with Crippen molar-refractivity contribution in [2.45, 2.75) is 52.1 Å². The lowest BCUT2D eigenvalue weighted by molar-refractivity contribution is -0.148. The topological polar surface area (TPSA) is 104 Å². The first kappa shape index (κ1) is 20.8. The van der Waals surface area contributed by atoms with Crippen molar-refractivity contribution in [2.75, 3.05) is 0 Å². The fourth-order valence-electron chi connectivity index (χ4n) is 3.69. The number of ketones is 2. The van der Waals surface area contributed by atoms with Crippen LogP contribution in [0.15, 0.2) is 30.3 Å². The number of rotatable bonds is 8. The van der Waals surface area contributed by atoms with E-state index in [-0.39, 0.29) is 5.92 Å². The van der Waals surface area contributed by atoms with Gasteiger partial charge in [0, 0.05) is 5.56 Å². The van der Waals surface area contributed by atoms with Crippen LogP contribution < -0.4 is 5.48 Å². The zero-order valence-corrected chi connectivity index (χ0v) is 15.8. The van der Waals surface area contributed by atoms with Gasteiger partial charge >= 0.3 is 0 Å². The molecule has 2 rings (SSSR count). The molecule has 0 radical (unpaired) electrons. The van der Waals surface area contributed by atoms with Crippen LogP contribution in [0.3, 0.4) is 0 Å². The highest BCUT2D eigenvalue weighted by Crippen LogP contribution is 2.34. The minimum Gasteiger partial charge on any atom is -0.320 e. The van der Waals surface area contributed by atoms with Gasteiger partial charge in [-0.3, -0.25) is 24.4 Å². The number of nitrogens with one attached hydrogen (secondary N) is 1. The van der Waals surface area contributed by atoms with Crippen molar-refractivity contribution >= 4 is 23.4 Å². The molecule has 3 unspecified atom stereocenters. The fourth-order valence-corrected chi connectivity index (χ4v) is 3.69. The van der Waals surface area contributed by atoms with Crippen LogP contribution >= 0.6 is 0 Å². The first-order valence-electron chi connectivity index (χ1n) is 9.24. The quantitative estimate of drug-likeness (QED) is 0.238. The summed E-state index contributed by atoms with van der Waals surface area (Å²) in [6, 6.07) is 6.63. The molecule has 1 aromatic carbocycles. The molecule has 0 bridgehead atoms. The van der Waals surface area contributed by atoms with Crippen molar-refractivity contribution in [1.82, 2.24) is 10.4 Å². The summed E-state index contributed by atoms with van der Waals surface area (Å²) >= 11 is 0. The highest BCUT2D eigenvalue weighted by molar-refractivity contribution is 6.44. The number of hydrogen-bond donors (Lipinski definition) is 2. The predicted molar refractivity (Wildman–Crippen MR) is 98.0 cm³/mol. The van der Waals surface area contributed by atoms with Crippen molar-refractivity contribution in [3.8, 4) is 0 Å². The number of hydroxylamine groups is 1. The number of hydrogen-bond acceptors (Lipinski definition) is 5. The van der Waals surface area contributed by atoms with E-state index in [4.69, 9.17) is 5.21 Å². The van der Waals surface area contributed by atoms with Crippen molar-refractivity contribution in [1.29, 1.82) is 0 Å². The van der Waals surface area contributed by atoms with Crippen molar-refractivity contribution in [2.24, 2.45) is 11.8 Å². The second-order valence-electron chi connectivity index (χ2n) is 7.15. The Bertz CT molecular complexity index is 716. The molecule has 1 aliphatic heterocycles. The number of carbonyl (C=O) groups excluding carboxylic acids is 4. The van der Waals surface area contributed by atoms with E-state index in [0.717, 1.165) is 6.42 Å². The monoisotopic (exact) mass is 374 g/mol. The first-order chi connectivity index (χ1) is 12.8. The largest absolute Gasteiger partial charge is 0.320 e. The smallest absolute Gasteiger partial charge is 0.291 e. The highest BCUT2D eigenvalue weighted by Gasteiger charge is 2.55. The SMILES string of the molecule is CCCCC(C(=O)NO)N1C(=O)C(=O)C(C(=O)c2ccccc2)C1C(C)C. The van der Waals surface area contributed by atoms with Crippen LogP contribution in [-0.2, 0) is 14.4 Å². The average Bonchev–Trinajstić information content (AvgIpc) is 2.93. The molecule has 7 nitrogen and oxygen atoms in total. The molecular formula is C20H26N2O5. The minimum atomic E-state index is -1.16. The van der Waals surface area contributed by atoms with Crippen LogP contribution in [0.2, 0.25) is 0 Å². The number of likely N-dealkylation sites (tertiary alicyclic amines) is 1. The summed E-state index contributed by atoms with van der Waals surface area (Å²) in [7, 11) is 0. The number of nitrogens with zero attached hydrogens (tertiary/aromatic N) is 1. The van der Waals surface area contributed by atoms with Crippen molar-refractivity contribution < 1.29 is 24.4 Å². The first-order valence-corrected chi connectivity index (χ1v) is 9.24. The third-order valence-corrected chi connectivity index (χ3v) is 4.99. The van der Waals surface area contributed by atoms with Gasteiger partial charge in [-0.2, -0.15) is 0 Å². The Kier molecular flexibility index (Phi) is 6.85. The number of Topliss-reactive ketones (excluding diaryl/α,β-unsaturated/α-hetero) is 2. The Balaban J connectivity index is 2.46. The molecule has 3 atom stereocenters. The zero-order valence-electron chi connectivity index (χ0n) is 15.8. The Hall–Kier alpha value is -2.54. The molecule has 0 saturated carbocycles. The van der Waals surface area contributed by atoms with E-state index in [2.05, 4.69) is 0 Å². The van der Waals surface area contributed by atoms with E-state index in [9.17, 15) is 19.2 Å². The van der Waals surface area contributed by atoms with E-state index in [0.29, 0.717) is 18.4 Å².